The van der Waals surface area contributed by atoms with Crippen molar-refractivity contribution >= 4 is 16.7 Å². The molecule has 0 saturated heterocycles. The molecule has 27 heavy (non-hydrogen) atoms. The van der Waals surface area contributed by atoms with Crippen LogP contribution in [0.1, 0.15) is 29.2 Å². The van der Waals surface area contributed by atoms with Gasteiger partial charge in [0, 0.05) is 0 Å². The summed E-state index contributed by atoms with van der Waals surface area (Å²) in [6, 6.07) is 30.0. The monoisotopic (exact) mass is 346 g/mol. The van der Waals surface area contributed by atoms with Crippen molar-refractivity contribution in [3.63, 3.8) is 0 Å². The lowest BCUT2D eigenvalue weighted by atomic mass is 9.87. The molecule has 1 aliphatic rings. The zero-order valence-electron chi connectivity index (χ0n) is 15.5. The van der Waals surface area contributed by atoms with Crippen LogP contribution >= 0.6 is 0 Å². The Morgan fingerprint density at radius 1 is 0.704 bits per heavy atom. The summed E-state index contributed by atoms with van der Waals surface area (Å²) in [5, 5.41) is 0. The quantitative estimate of drug-likeness (QED) is 0.439. The van der Waals surface area contributed by atoms with Crippen molar-refractivity contribution < 1.29 is 0 Å². The maximum atomic E-state index is 3.86. The number of hydrogen-bond donors (Lipinski definition) is 0. The Hall–Kier alpha value is -3.38. The molecule has 130 valence electrons. The Morgan fingerprint density at radius 3 is 1.78 bits per heavy atom. The Balaban J connectivity index is 2.11. The van der Waals surface area contributed by atoms with Crippen LogP contribution in [-0.2, 0) is 0 Å². The van der Waals surface area contributed by atoms with Crippen LogP contribution < -0.4 is 0 Å². The summed E-state index contributed by atoms with van der Waals surface area (Å²) in [5.74, 6) is 0. The van der Waals surface area contributed by atoms with Crippen molar-refractivity contribution in [2.45, 2.75) is 6.92 Å². The largest absolute Gasteiger partial charge is 0.0991 e. The fraction of sp³-hybridized carbons (Fsp3) is 0.0370. The average Bonchev–Trinajstić information content (AvgIpc) is 3.00. The third-order valence-corrected chi connectivity index (χ3v) is 5.05. The van der Waals surface area contributed by atoms with Crippen LogP contribution in [0.3, 0.4) is 0 Å². The highest BCUT2D eigenvalue weighted by Crippen LogP contribution is 2.47. The van der Waals surface area contributed by atoms with E-state index in [1.807, 2.05) is 12.2 Å². The molecule has 3 aromatic rings. The van der Waals surface area contributed by atoms with E-state index in [-0.39, 0.29) is 0 Å². The van der Waals surface area contributed by atoms with Crippen LogP contribution in [-0.4, -0.2) is 0 Å². The molecule has 0 heteroatoms. The summed E-state index contributed by atoms with van der Waals surface area (Å²) in [6.45, 7) is 6.07. The summed E-state index contributed by atoms with van der Waals surface area (Å²) in [6.07, 6.45) is 6.05. The van der Waals surface area contributed by atoms with E-state index in [4.69, 9.17) is 0 Å². The zero-order valence-corrected chi connectivity index (χ0v) is 15.5. The fourth-order valence-corrected chi connectivity index (χ4v) is 3.81. The average molecular weight is 346 g/mol. The van der Waals surface area contributed by atoms with E-state index >= 15 is 0 Å². The Morgan fingerprint density at radius 2 is 1.22 bits per heavy atom. The normalized spacial score (nSPS) is 13.1. The number of allylic oxidation sites excluding steroid dienone is 6. The van der Waals surface area contributed by atoms with Crippen molar-refractivity contribution in [2.24, 2.45) is 0 Å². The molecule has 0 heterocycles. The molecule has 0 fully saturated rings. The van der Waals surface area contributed by atoms with Gasteiger partial charge >= 0.3 is 0 Å². The van der Waals surface area contributed by atoms with Crippen molar-refractivity contribution in [3.8, 4) is 0 Å². The second-order valence-electron chi connectivity index (χ2n) is 6.66. The first kappa shape index (κ1) is 17.1. The van der Waals surface area contributed by atoms with Gasteiger partial charge in [-0.1, -0.05) is 110 Å². The molecule has 0 spiro atoms. The van der Waals surface area contributed by atoms with Crippen LogP contribution in [0.15, 0.2) is 115 Å². The molecule has 4 rings (SSSR count). The van der Waals surface area contributed by atoms with E-state index in [0.29, 0.717) is 0 Å². The highest BCUT2D eigenvalue weighted by atomic mass is 14.3. The maximum absolute atomic E-state index is 3.86. The van der Waals surface area contributed by atoms with Crippen molar-refractivity contribution in [1.82, 2.24) is 0 Å². The molecule has 0 amide bonds. The van der Waals surface area contributed by atoms with E-state index in [9.17, 15) is 0 Å². The predicted octanol–water partition coefficient (Wildman–Crippen LogP) is 7.18. The van der Waals surface area contributed by atoms with Gasteiger partial charge in [0.15, 0.2) is 0 Å². The minimum absolute atomic E-state index is 1.23. The molecule has 0 bridgehead atoms. The highest BCUT2D eigenvalue weighted by Gasteiger charge is 2.26. The van der Waals surface area contributed by atoms with Gasteiger partial charge in [0.05, 0.1) is 0 Å². The zero-order chi connectivity index (χ0) is 18.6. The van der Waals surface area contributed by atoms with Crippen LogP contribution in [0.5, 0.6) is 0 Å². The van der Waals surface area contributed by atoms with Gasteiger partial charge < -0.3 is 0 Å². The van der Waals surface area contributed by atoms with Crippen LogP contribution in [0.4, 0.5) is 0 Å². The fourth-order valence-electron chi connectivity index (χ4n) is 3.81. The predicted molar refractivity (Wildman–Crippen MR) is 117 cm³/mol. The summed E-state index contributed by atoms with van der Waals surface area (Å²) in [5.41, 5.74) is 10.2. The Bertz CT molecular complexity index is 1020. The smallest absolute Gasteiger partial charge is 0.00178 e. The summed E-state index contributed by atoms with van der Waals surface area (Å²) >= 11 is 0. The highest BCUT2D eigenvalue weighted by molar-refractivity contribution is 6.13. The SMILES string of the molecule is C=CC=CC1=C(C)c2ccccc2C1=C(c1ccccc1)c1ccccc1. The molecule has 0 saturated carbocycles. The van der Waals surface area contributed by atoms with Crippen molar-refractivity contribution in [2.75, 3.05) is 0 Å². The van der Waals surface area contributed by atoms with Gasteiger partial charge in [0.2, 0.25) is 0 Å². The molecule has 0 aliphatic heterocycles. The number of rotatable bonds is 4. The van der Waals surface area contributed by atoms with Crippen LogP contribution in [0.25, 0.3) is 16.7 Å². The van der Waals surface area contributed by atoms with E-state index in [2.05, 4.69) is 105 Å². The van der Waals surface area contributed by atoms with Gasteiger partial charge in [-0.25, -0.2) is 0 Å². The van der Waals surface area contributed by atoms with Gasteiger partial charge in [0.1, 0.15) is 0 Å². The second-order valence-corrected chi connectivity index (χ2v) is 6.66. The third-order valence-electron chi connectivity index (χ3n) is 5.05. The first-order chi connectivity index (χ1) is 13.3. The van der Waals surface area contributed by atoms with E-state index < -0.39 is 0 Å². The Labute approximate surface area is 161 Å². The molecule has 0 nitrogen and oxygen atoms in total. The summed E-state index contributed by atoms with van der Waals surface area (Å²) in [7, 11) is 0. The molecule has 1 aliphatic carbocycles. The minimum Gasteiger partial charge on any atom is -0.0991 e. The molecular weight excluding hydrogens is 324 g/mol. The lowest BCUT2D eigenvalue weighted by Gasteiger charge is -2.16. The molecule has 0 atom stereocenters. The van der Waals surface area contributed by atoms with Crippen LogP contribution in [0, 0.1) is 0 Å². The topological polar surface area (TPSA) is 0 Å². The lowest BCUT2D eigenvalue weighted by Crippen LogP contribution is -1.95. The van der Waals surface area contributed by atoms with Crippen molar-refractivity contribution in [1.29, 1.82) is 0 Å². The standard InChI is InChI=1S/C27H22/c1-3-4-17-24-20(2)23-18-11-12-19-25(23)27(24)26(21-13-7-5-8-14-21)22-15-9-6-10-16-22/h3-19H,1H2,2H3. The minimum atomic E-state index is 1.23. The number of hydrogen-bond acceptors (Lipinski definition) is 0. The van der Waals surface area contributed by atoms with E-state index in [1.54, 1.807) is 0 Å². The number of fused-ring (bicyclic) bond motifs is 1. The van der Waals surface area contributed by atoms with Gasteiger partial charge in [-0.05, 0) is 51.5 Å². The summed E-state index contributed by atoms with van der Waals surface area (Å²) < 4.78 is 0. The molecule has 0 N–H and O–H groups in total. The van der Waals surface area contributed by atoms with Crippen LogP contribution in [0.2, 0.25) is 0 Å². The van der Waals surface area contributed by atoms with Gasteiger partial charge in [-0.3, -0.25) is 0 Å². The summed E-state index contributed by atoms with van der Waals surface area (Å²) in [4.78, 5) is 0. The van der Waals surface area contributed by atoms with Gasteiger partial charge in [-0.15, -0.1) is 0 Å². The van der Waals surface area contributed by atoms with Crippen molar-refractivity contribution in [3.05, 3.63) is 138 Å². The lowest BCUT2D eigenvalue weighted by molar-refractivity contribution is 1.53. The molecule has 0 unspecified atom stereocenters. The van der Waals surface area contributed by atoms with Gasteiger partial charge in [0.25, 0.3) is 0 Å². The second kappa shape index (κ2) is 7.47. The van der Waals surface area contributed by atoms with E-state index in [1.165, 1.54) is 44.5 Å². The molecule has 0 aromatic heterocycles. The first-order valence-electron chi connectivity index (χ1n) is 9.26. The Kier molecular flexibility index (Phi) is 4.72. The van der Waals surface area contributed by atoms with Gasteiger partial charge in [-0.2, -0.15) is 0 Å². The first-order valence-corrected chi connectivity index (χ1v) is 9.26. The molecule has 0 radical (unpaired) electrons. The maximum Gasteiger partial charge on any atom is -0.00178 e. The molecule has 3 aromatic carbocycles. The number of benzene rings is 3. The molecular formula is C27H22. The van der Waals surface area contributed by atoms with E-state index in [0.717, 1.165) is 0 Å². The third kappa shape index (κ3) is 3.11.